The number of hydrogen-bond acceptors (Lipinski definition) is 3. The van der Waals surface area contributed by atoms with Crippen molar-refractivity contribution < 1.29 is 27.1 Å². The first-order valence-corrected chi connectivity index (χ1v) is 4.94. The van der Waals surface area contributed by atoms with Gasteiger partial charge in [0.1, 0.15) is 12.4 Å². The van der Waals surface area contributed by atoms with Crippen LogP contribution in [0.2, 0.25) is 0 Å². The zero-order valence-electron chi connectivity index (χ0n) is 9.13. The highest BCUT2D eigenvalue weighted by atomic mass is 19.4. The Bertz CT molecular complexity index is 409. The molecule has 0 bridgehead atoms. The van der Waals surface area contributed by atoms with E-state index in [-0.39, 0.29) is 18.8 Å². The van der Waals surface area contributed by atoms with Gasteiger partial charge < -0.3 is 10.1 Å². The van der Waals surface area contributed by atoms with Gasteiger partial charge in [0, 0.05) is 0 Å². The molecule has 1 heterocycles. The minimum absolute atomic E-state index is 0.00387. The fourth-order valence-corrected chi connectivity index (χ4v) is 1.04. The summed E-state index contributed by atoms with van der Waals surface area (Å²) in [7, 11) is 0. The molecule has 1 amide bonds. The van der Waals surface area contributed by atoms with E-state index in [4.69, 9.17) is 0 Å². The smallest absolute Gasteiger partial charge is 0.372 e. The van der Waals surface area contributed by atoms with Crippen LogP contribution in [0.1, 0.15) is 6.42 Å². The van der Waals surface area contributed by atoms with Crippen LogP contribution in [0.5, 0.6) is 0 Å². The van der Waals surface area contributed by atoms with E-state index in [9.17, 15) is 22.4 Å². The van der Waals surface area contributed by atoms with Crippen molar-refractivity contribution >= 4 is 11.7 Å². The number of alkyl halides is 3. The van der Waals surface area contributed by atoms with Crippen molar-refractivity contribution in [3.8, 4) is 0 Å². The van der Waals surface area contributed by atoms with Crippen molar-refractivity contribution in [1.82, 2.24) is 4.98 Å². The lowest BCUT2D eigenvalue weighted by Crippen LogP contribution is -2.20. The molecule has 0 saturated carbocycles. The zero-order chi connectivity index (χ0) is 13.6. The lowest BCUT2D eigenvalue weighted by atomic mass is 10.4. The maximum Gasteiger partial charge on any atom is 0.411 e. The molecular weight excluding hydrogens is 256 g/mol. The standard InChI is InChI=1S/C10H10F4N2O2/c11-7-2-1-3-8(15-7)16-9(17)4-5-18-6-10(12,13)14/h1-3H,4-6H2,(H,15,16,17). The first kappa shape index (κ1) is 14.4. The number of ether oxygens (including phenoxy) is 1. The number of carbonyl (C=O) groups is 1. The number of carbonyl (C=O) groups excluding carboxylic acids is 1. The number of anilines is 1. The molecule has 0 fully saturated rings. The van der Waals surface area contributed by atoms with Gasteiger partial charge in [-0.3, -0.25) is 4.79 Å². The Labute approximate surface area is 100.0 Å². The van der Waals surface area contributed by atoms with Crippen LogP contribution in [0.3, 0.4) is 0 Å². The minimum atomic E-state index is -4.42. The number of nitrogens with zero attached hydrogens (tertiary/aromatic N) is 1. The fourth-order valence-electron chi connectivity index (χ4n) is 1.04. The summed E-state index contributed by atoms with van der Waals surface area (Å²) in [6, 6.07) is 3.80. The number of nitrogens with one attached hydrogen (secondary N) is 1. The van der Waals surface area contributed by atoms with Crippen LogP contribution in [0.4, 0.5) is 23.4 Å². The van der Waals surface area contributed by atoms with Gasteiger partial charge in [-0.05, 0) is 12.1 Å². The van der Waals surface area contributed by atoms with Gasteiger partial charge >= 0.3 is 6.18 Å². The Morgan fingerprint density at radius 3 is 2.72 bits per heavy atom. The van der Waals surface area contributed by atoms with Crippen molar-refractivity contribution in [2.75, 3.05) is 18.5 Å². The van der Waals surface area contributed by atoms with Gasteiger partial charge in [0.05, 0.1) is 13.0 Å². The van der Waals surface area contributed by atoms with E-state index < -0.39 is 24.6 Å². The predicted octanol–water partition coefficient (Wildman–Crippen LogP) is 2.13. The molecule has 0 unspecified atom stereocenters. The summed E-state index contributed by atoms with van der Waals surface area (Å²) in [5, 5.41) is 2.23. The van der Waals surface area contributed by atoms with E-state index >= 15 is 0 Å². The molecule has 0 atom stereocenters. The highest BCUT2D eigenvalue weighted by molar-refractivity contribution is 5.89. The number of amides is 1. The van der Waals surface area contributed by atoms with Gasteiger partial charge in [0.2, 0.25) is 11.9 Å². The quantitative estimate of drug-likeness (QED) is 0.504. The summed E-state index contributed by atoms with van der Waals surface area (Å²) >= 11 is 0. The second kappa shape index (κ2) is 6.29. The van der Waals surface area contributed by atoms with Crippen molar-refractivity contribution in [3.05, 3.63) is 24.1 Å². The molecule has 0 aliphatic heterocycles. The lowest BCUT2D eigenvalue weighted by Gasteiger charge is -2.07. The zero-order valence-corrected chi connectivity index (χ0v) is 9.13. The number of pyridine rings is 1. The van der Waals surface area contributed by atoms with Gasteiger partial charge in [-0.15, -0.1) is 0 Å². The SMILES string of the molecule is O=C(CCOCC(F)(F)F)Nc1cccc(F)n1. The Kier molecular flexibility index (Phi) is 5.02. The second-order valence-electron chi connectivity index (χ2n) is 3.31. The molecule has 1 aromatic heterocycles. The molecule has 0 radical (unpaired) electrons. The summed E-state index contributed by atoms with van der Waals surface area (Å²) in [5.74, 6) is -1.37. The highest BCUT2D eigenvalue weighted by Gasteiger charge is 2.27. The van der Waals surface area contributed by atoms with Crippen molar-refractivity contribution in [2.45, 2.75) is 12.6 Å². The molecule has 0 aliphatic rings. The lowest BCUT2D eigenvalue weighted by molar-refractivity contribution is -0.174. The van der Waals surface area contributed by atoms with E-state index in [0.717, 1.165) is 6.07 Å². The van der Waals surface area contributed by atoms with Crippen LogP contribution >= 0.6 is 0 Å². The third-order valence-corrected chi connectivity index (χ3v) is 1.72. The van der Waals surface area contributed by atoms with Crippen LogP contribution in [0, 0.1) is 5.95 Å². The van der Waals surface area contributed by atoms with Crippen LogP contribution in [-0.2, 0) is 9.53 Å². The van der Waals surface area contributed by atoms with Gasteiger partial charge in [-0.2, -0.15) is 17.6 Å². The van der Waals surface area contributed by atoms with Crippen molar-refractivity contribution in [2.24, 2.45) is 0 Å². The van der Waals surface area contributed by atoms with Crippen molar-refractivity contribution in [3.63, 3.8) is 0 Å². The van der Waals surface area contributed by atoms with Crippen LogP contribution < -0.4 is 5.32 Å². The third kappa shape index (κ3) is 6.14. The molecule has 100 valence electrons. The van der Waals surface area contributed by atoms with Crippen LogP contribution in [0.15, 0.2) is 18.2 Å². The first-order chi connectivity index (χ1) is 8.37. The summed E-state index contributed by atoms with van der Waals surface area (Å²) in [6.07, 6.45) is -4.69. The molecule has 8 heteroatoms. The summed E-state index contributed by atoms with van der Waals surface area (Å²) in [4.78, 5) is 14.6. The van der Waals surface area contributed by atoms with E-state index in [1.54, 1.807) is 0 Å². The van der Waals surface area contributed by atoms with Gasteiger partial charge in [0.25, 0.3) is 0 Å². The minimum Gasteiger partial charge on any atom is -0.372 e. The summed E-state index contributed by atoms with van der Waals surface area (Å²) in [5.41, 5.74) is 0. The Morgan fingerprint density at radius 2 is 2.11 bits per heavy atom. The number of aromatic nitrogens is 1. The van der Waals surface area contributed by atoms with Gasteiger partial charge in [0.15, 0.2) is 0 Å². The van der Waals surface area contributed by atoms with E-state index in [1.165, 1.54) is 12.1 Å². The number of rotatable bonds is 5. The largest absolute Gasteiger partial charge is 0.411 e. The fraction of sp³-hybridized carbons (Fsp3) is 0.400. The monoisotopic (exact) mass is 266 g/mol. The normalized spacial score (nSPS) is 11.3. The predicted molar refractivity (Wildman–Crippen MR) is 54.3 cm³/mol. The Balaban J connectivity index is 2.26. The molecule has 4 nitrogen and oxygen atoms in total. The Morgan fingerprint density at radius 1 is 1.39 bits per heavy atom. The molecule has 18 heavy (non-hydrogen) atoms. The van der Waals surface area contributed by atoms with E-state index in [0.29, 0.717) is 0 Å². The molecule has 0 saturated heterocycles. The molecule has 1 aromatic rings. The highest BCUT2D eigenvalue weighted by Crippen LogP contribution is 2.14. The van der Waals surface area contributed by atoms with E-state index in [1.807, 2.05) is 0 Å². The average Bonchev–Trinajstić information content (AvgIpc) is 2.23. The topological polar surface area (TPSA) is 51.2 Å². The van der Waals surface area contributed by atoms with Crippen LogP contribution in [0.25, 0.3) is 0 Å². The molecule has 0 spiro atoms. The van der Waals surface area contributed by atoms with Gasteiger partial charge in [-0.1, -0.05) is 6.07 Å². The van der Waals surface area contributed by atoms with E-state index in [2.05, 4.69) is 15.0 Å². The second-order valence-corrected chi connectivity index (χ2v) is 3.31. The molecular formula is C10H10F4N2O2. The average molecular weight is 266 g/mol. The first-order valence-electron chi connectivity index (χ1n) is 4.94. The number of halogens is 4. The summed E-state index contributed by atoms with van der Waals surface area (Å²) < 4.78 is 52.0. The Hall–Kier alpha value is -1.70. The molecule has 1 N–H and O–H groups in total. The van der Waals surface area contributed by atoms with Gasteiger partial charge in [-0.25, -0.2) is 4.98 Å². The maximum absolute atomic E-state index is 12.6. The van der Waals surface area contributed by atoms with Crippen molar-refractivity contribution in [1.29, 1.82) is 0 Å². The maximum atomic E-state index is 12.6. The molecule has 0 aromatic carbocycles. The molecule has 0 aliphatic carbocycles. The number of hydrogen-bond donors (Lipinski definition) is 1. The van der Waals surface area contributed by atoms with Crippen LogP contribution in [-0.4, -0.2) is 30.3 Å². The molecule has 1 rings (SSSR count). The third-order valence-electron chi connectivity index (χ3n) is 1.72. The summed E-state index contributed by atoms with van der Waals surface area (Å²) in [6.45, 7) is -1.78.